The van der Waals surface area contributed by atoms with Crippen LogP contribution in [0.2, 0.25) is 0 Å². The molecule has 6 nitrogen and oxygen atoms in total. The second-order valence-corrected chi connectivity index (χ2v) is 9.08. The topological polar surface area (TPSA) is 80.5 Å². The van der Waals surface area contributed by atoms with Crippen molar-refractivity contribution < 1.29 is 13.9 Å². The van der Waals surface area contributed by atoms with Gasteiger partial charge in [0, 0.05) is 31.9 Å². The van der Waals surface area contributed by atoms with E-state index in [0.717, 1.165) is 44.0 Å². The van der Waals surface area contributed by atoms with Crippen LogP contribution in [-0.2, 0) is 9.53 Å². The smallest absolute Gasteiger partial charge is 0.225 e. The summed E-state index contributed by atoms with van der Waals surface area (Å²) in [7, 11) is 0. The Balaban J connectivity index is 1.87. The summed E-state index contributed by atoms with van der Waals surface area (Å²) in [5.41, 5.74) is 6.19. The van der Waals surface area contributed by atoms with Crippen LogP contribution in [0.15, 0.2) is 12.1 Å². The number of hydrogen-bond donors (Lipinski definition) is 2. The van der Waals surface area contributed by atoms with E-state index in [0.29, 0.717) is 31.2 Å². The first-order valence-electron chi connectivity index (χ1n) is 10.3. The lowest BCUT2D eigenvalue weighted by Gasteiger charge is -2.32. The number of nitrogens with one attached hydrogen (secondary N) is 1. The van der Waals surface area contributed by atoms with Gasteiger partial charge >= 0.3 is 0 Å². The average Bonchev–Trinajstić information content (AvgIpc) is 3.06. The Morgan fingerprint density at radius 1 is 1.36 bits per heavy atom. The van der Waals surface area contributed by atoms with Crippen molar-refractivity contribution >= 4 is 17.5 Å². The zero-order chi connectivity index (χ0) is 20.3. The molecule has 1 unspecified atom stereocenters. The van der Waals surface area contributed by atoms with Crippen molar-refractivity contribution in [2.75, 3.05) is 43.1 Å². The maximum absolute atomic E-state index is 13.9. The number of nitrogens with two attached hydrogens (primary N) is 1. The zero-order valence-corrected chi connectivity index (χ0v) is 17.2. The van der Waals surface area contributed by atoms with E-state index in [-0.39, 0.29) is 11.3 Å². The van der Waals surface area contributed by atoms with Gasteiger partial charge in [-0.1, -0.05) is 26.8 Å². The summed E-state index contributed by atoms with van der Waals surface area (Å²) < 4.78 is 19.3. The Bertz CT molecular complexity index is 685. The highest BCUT2D eigenvalue weighted by atomic mass is 19.1. The molecule has 7 heteroatoms. The number of carbonyl (C=O) groups excluding carboxylic acids is 1. The molecule has 28 heavy (non-hydrogen) atoms. The predicted molar refractivity (Wildman–Crippen MR) is 109 cm³/mol. The van der Waals surface area contributed by atoms with Crippen LogP contribution in [0.25, 0.3) is 0 Å². The molecule has 2 saturated heterocycles. The van der Waals surface area contributed by atoms with Gasteiger partial charge in [-0.05, 0) is 36.7 Å². The van der Waals surface area contributed by atoms with Gasteiger partial charge in [0.15, 0.2) is 0 Å². The molecule has 1 amide bonds. The molecule has 0 aromatic carbocycles. The maximum atomic E-state index is 13.9. The van der Waals surface area contributed by atoms with Crippen molar-refractivity contribution in [2.45, 2.75) is 52.1 Å². The number of primary amides is 1. The number of pyridine rings is 1. The Kier molecular flexibility index (Phi) is 6.43. The summed E-state index contributed by atoms with van der Waals surface area (Å²) in [6.45, 7) is 9.32. The van der Waals surface area contributed by atoms with E-state index >= 15 is 0 Å². The normalized spacial score (nSPS) is 22.3. The average molecular weight is 393 g/mol. The van der Waals surface area contributed by atoms with Crippen molar-refractivity contribution in [3.63, 3.8) is 0 Å². The Labute approximate surface area is 167 Å². The lowest BCUT2D eigenvalue weighted by molar-refractivity contribution is -0.121. The molecule has 156 valence electrons. The summed E-state index contributed by atoms with van der Waals surface area (Å²) in [6.07, 6.45) is 1.70. The van der Waals surface area contributed by atoms with Crippen molar-refractivity contribution in [3.05, 3.63) is 17.7 Å². The van der Waals surface area contributed by atoms with Gasteiger partial charge in [-0.3, -0.25) is 4.79 Å². The lowest BCUT2D eigenvalue weighted by Crippen LogP contribution is -2.34. The van der Waals surface area contributed by atoms with Crippen LogP contribution < -0.4 is 16.0 Å². The number of hydrogen-bond acceptors (Lipinski definition) is 5. The molecule has 2 aliphatic rings. The molecule has 0 radical (unpaired) electrons. The minimum atomic E-state index is -0.866. The van der Waals surface area contributed by atoms with Crippen molar-refractivity contribution in [1.82, 2.24) is 4.98 Å². The molecule has 0 spiro atoms. The fourth-order valence-corrected chi connectivity index (χ4v) is 4.19. The van der Waals surface area contributed by atoms with Crippen molar-refractivity contribution in [3.8, 4) is 0 Å². The fourth-order valence-electron chi connectivity index (χ4n) is 4.19. The number of anilines is 2. The summed E-state index contributed by atoms with van der Waals surface area (Å²) in [5, 5.41) is 3.42. The molecule has 3 rings (SSSR count). The zero-order valence-electron chi connectivity index (χ0n) is 17.2. The molecule has 0 saturated carbocycles. The number of halogens is 1. The van der Waals surface area contributed by atoms with E-state index in [1.165, 1.54) is 0 Å². The standard InChI is InChI=1S/C21H33FN4O2/c1-21(2,3)18(19(23)27)16-4-5-17(24-12-14-7-10-28-11-8-14)25-20(16)26-9-6-15(22)13-26/h4-5,14-15,18H,6-13H2,1-3H3,(H2,23,27)(H,24,25)/t15-,18?/m1/s1. The number of amides is 1. The second-order valence-electron chi connectivity index (χ2n) is 9.08. The molecule has 1 aromatic rings. The Morgan fingerprint density at radius 2 is 2.07 bits per heavy atom. The van der Waals surface area contributed by atoms with Crippen LogP contribution in [0, 0.1) is 11.3 Å². The first kappa shape index (κ1) is 20.8. The van der Waals surface area contributed by atoms with E-state index in [2.05, 4.69) is 5.32 Å². The van der Waals surface area contributed by atoms with E-state index in [1.54, 1.807) is 0 Å². The Hall–Kier alpha value is -1.89. The SMILES string of the molecule is CC(C)(C)C(C(N)=O)c1ccc(NCC2CCOCC2)nc1N1CC[C@@H](F)C1. The highest BCUT2D eigenvalue weighted by molar-refractivity contribution is 5.84. The third-order valence-electron chi connectivity index (χ3n) is 5.71. The highest BCUT2D eigenvalue weighted by Gasteiger charge is 2.36. The molecular weight excluding hydrogens is 359 g/mol. The first-order chi connectivity index (χ1) is 13.3. The van der Waals surface area contributed by atoms with E-state index in [4.69, 9.17) is 15.5 Å². The number of nitrogens with zero attached hydrogens (tertiary/aromatic N) is 2. The number of rotatable bonds is 6. The fraction of sp³-hybridized carbons (Fsp3) is 0.714. The van der Waals surface area contributed by atoms with Gasteiger partial charge in [0.2, 0.25) is 5.91 Å². The van der Waals surface area contributed by atoms with Gasteiger partial charge in [0.05, 0.1) is 12.5 Å². The van der Waals surface area contributed by atoms with Crippen LogP contribution in [0.1, 0.15) is 51.5 Å². The van der Waals surface area contributed by atoms with E-state index in [9.17, 15) is 9.18 Å². The van der Waals surface area contributed by atoms with Crippen LogP contribution in [-0.4, -0.2) is 49.9 Å². The minimum absolute atomic E-state index is 0.305. The first-order valence-corrected chi connectivity index (χ1v) is 10.3. The number of aromatic nitrogens is 1. The van der Waals surface area contributed by atoms with Gasteiger partial charge in [-0.15, -0.1) is 0 Å². The molecule has 2 fully saturated rings. The largest absolute Gasteiger partial charge is 0.381 e. The van der Waals surface area contributed by atoms with Gasteiger partial charge in [0.1, 0.15) is 17.8 Å². The number of carbonyl (C=O) groups is 1. The molecule has 0 aliphatic carbocycles. The molecule has 1 aromatic heterocycles. The van der Waals surface area contributed by atoms with Crippen LogP contribution >= 0.6 is 0 Å². The maximum Gasteiger partial charge on any atom is 0.225 e. The molecular formula is C21H33FN4O2. The van der Waals surface area contributed by atoms with Gasteiger partial charge in [0.25, 0.3) is 0 Å². The lowest BCUT2D eigenvalue weighted by atomic mass is 9.76. The monoisotopic (exact) mass is 392 g/mol. The molecule has 2 atom stereocenters. The van der Waals surface area contributed by atoms with Gasteiger partial charge in [-0.2, -0.15) is 0 Å². The summed E-state index contributed by atoms with van der Waals surface area (Å²) in [6, 6.07) is 3.84. The molecule has 2 aliphatic heterocycles. The Morgan fingerprint density at radius 3 is 2.64 bits per heavy atom. The predicted octanol–water partition coefficient (Wildman–Crippen LogP) is 3.08. The number of ether oxygens (including phenoxy) is 1. The van der Waals surface area contributed by atoms with E-state index < -0.39 is 12.1 Å². The van der Waals surface area contributed by atoms with Gasteiger partial charge in [-0.25, -0.2) is 9.37 Å². The summed E-state index contributed by atoms with van der Waals surface area (Å²) >= 11 is 0. The number of alkyl halides is 1. The van der Waals surface area contributed by atoms with Crippen LogP contribution in [0.4, 0.5) is 16.0 Å². The van der Waals surface area contributed by atoms with E-state index in [1.807, 2.05) is 37.8 Å². The third kappa shape index (κ3) is 4.93. The molecule has 0 bridgehead atoms. The van der Waals surface area contributed by atoms with Crippen molar-refractivity contribution in [1.29, 1.82) is 0 Å². The third-order valence-corrected chi connectivity index (χ3v) is 5.71. The second kappa shape index (κ2) is 8.64. The van der Waals surface area contributed by atoms with Crippen LogP contribution in [0.3, 0.4) is 0 Å². The quantitative estimate of drug-likeness (QED) is 0.778. The molecule has 3 N–H and O–H groups in total. The van der Waals surface area contributed by atoms with Gasteiger partial charge < -0.3 is 20.7 Å². The highest BCUT2D eigenvalue weighted by Crippen LogP contribution is 2.40. The van der Waals surface area contributed by atoms with Crippen molar-refractivity contribution in [2.24, 2.45) is 17.1 Å². The summed E-state index contributed by atoms with van der Waals surface area (Å²) in [5.74, 6) is 1.13. The summed E-state index contributed by atoms with van der Waals surface area (Å²) in [4.78, 5) is 19.0. The molecule has 3 heterocycles. The van der Waals surface area contributed by atoms with Crippen LogP contribution in [0.5, 0.6) is 0 Å². The minimum Gasteiger partial charge on any atom is -0.381 e.